The minimum absolute atomic E-state index is 0.121. The van der Waals surface area contributed by atoms with E-state index in [2.05, 4.69) is 10.6 Å². The number of hydrogen-bond acceptors (Lipinski definition) is 5. The van der Waals surface area contributed by atoms with Crippen LogP contribution in [0.5, 0.6) is 0 Å². The van der Waals surface area contributed by atoms with Gasteiger partial charge in [-0.15, -0.1) is 11.3 Å². The predicted octanol–water partition coefficient (Wildman–Crippen LogP) is 1.63. The van der Waals surface area contributed by atoms with E-state index in [1.54, 1.807) is 20.9 Å². The highest BCUT2D eigenvalue weighted by Gasteiger charge is 2.34. The highest BCUT2D eigenvalue weighted by Crippen LogP contribution is 2.34. The fourth-order valence-corrected chi connectivity index (χ4v) is 5.89. The van der Waals surface area contributed by atoms with Crippen molar-refractivity contribution in [1.82, 2.24) is 5.32 Å². The van der Waals surface area contributed by atoms with Crippen LogP contribution in [-0.2, 0) is 9.53 Å². The molecule has 1 aliphatic heterocycles. The molecule has 160 valence electrons. The van der Waals surface area contributed by atoms with E-state index in [1.165, 1.54) is 37.0 Å². The van der Waals surface area contributed by atoms with Crippen LogP contribution in [0.25, 0.3) is 0 Å². The van der Waals surface area contributed by atoms with E-state index in [9.17, 15) is 14.4 Å². The minimum Gasteiger partial charge on any atom is -0.462 e. The zero-order chi connectivity index (χ0) is 21.0. The summed E-state index contributed by atoms with van der Waals surface area (Å²) >= 11 is 1.13. The first-order chi connectivity index (χ1) is 13.9. The number of amides is 2. The average molecular weight is 423 g/mol. The highest BCUT2D eigenvalue weighted by molar-refractivity contribution is 7.18. The molecule has 3 N–H and O–H groups in total. The summed E-state index contributed by atoms with van der Waals surface area (Å²) in [5, 5.41) is 5.87. The number of piperidine rings is 1. The third kappa shape index (κ3) is 4.98. The Morgan fingerprint density at radius 1 is 1.17 bits per heavy atom. The zero-order valence-electron chi connectivity index (χ0n) is 17.6. The van der Waals surface area contributed by atoms with Gasteiger partial charge in [0.25, 0.3) is 11.8 Å². The second-order valence-electron chi connectivity index (χ2n) is 8.08. The van der Waals surface area contributed by atoms with Gasteiger partial charge in [0.15, 0.2) is 6.54 Å². The van der Waals surface area contributed by atoms with Gasteiger partial charge in [0.05, 0.1) is 30.1 Å². The van der Waals surface area contributed by atoms with E-state index in [4.69, 9.17) is 4.74 Å². The number of ether oxygens (including phenoxy) is 1. The highest BCUT2D eigenvalue weighted by atomic mass is 32.1. The van der Waals surface area contributed by atoms with Crippen molar-refractivity contribution in [2.24, 2.45) is 11.8 Å². The van der Waals surface area contributed by atoms with E-state index in [0.29, 0.717) is 22.0 Å². The summed E-state index contributed by atoms with van der Waals surface area (Å²) in [5.74, 6) is 0.662. The van der Waals surface area contributed by atoms with Crippen LogP contribution in [-0.4, -0.2) is 51.1 Å². The molecule has 2 heterocycles. The topological polar surface area (TPSA) is 88.9 Å². The summed E-state index contributed by atoms with van der Waals surface area (Å²) in [6.07, 6.45) is 6.46. The first-order valence-electron chi connectivity index (χ1n) is 10.6. The molecule has 1 aromatic heterocycles. The largest absolute Gasteiger partial charge is 0.462 e. The Kier molecular flexibility index (Phi) is 7.29. The molecule has 0 spiro atoms. The van der Waals surface area contributed by atoms with Crippen molar-refractivity contribution in [1.29, 1.82) is 0 Å². The Bertz CT molecular complexity index is 776. The van der Waals surface area contributed by atoms with E-state index >= 15 is 0 Å². The molecule has 3 rings (SSSR count). The third-order valence-electron chi connectivity index (χ3n) is 6.21. The van der Waals surface area contributed by atoms with Crippen molar-refractivity contribution in [2.45, 2.75) is 46.0 Å². The van der Waals surface area contributed by atoms with Gasteiger partial charge in [-0.1, -0.05) is 12.8 Å². The van der Waals surface area contributed by atoms with Crippen LogP contribution >= 0.6 is 11.3 Å². The predicted molar refractivity (Wildman–Crippen MR) is 113 cm³/mol. The van der Waals surface area contributed by atoms with Crippen LogP contribution < -0.4 is 15.5 Å². The Hall–Kier alpha value is -1.93. The molecule has 2 aliphatic rings. The van der Waals surface area contributed by atoms with Gasteiger partial charge < -0.3 is 20.3 Å². The quantitative estimate of drug-likeness (QED) is 0.608. The molecule has 2 fully saturated rings. The molecule has 1 aromatic rings. The maximum absolute atomic E-state index is 12.8. The van der Waals surface area contributed by atoms with Crippen LogP contribution in [0.1, 0.15) is 64.6 Å². The second kappa shape index (κ2) is 9.71. The number of esters is 1. The lowest BCUT2D eigenvalue weighted by molar-refractivity contribution is -0.902. The van der Waals surface area contributed by atoms with Gasteiger partial charge >= 0.3 is 5.97 Å². The fourth-order valence-electron chi connectivity index (χ4n) is 4.73. The molecular formula is C21H32N3O4S+. The summed E-state index contributed by atoms with van der Waals surface area (Å²) in [7, 11) is 1.54. The zero-order valence-corrected chi connectivity index (χ0v) is 18.4. The number of thiophene rings is 1. The van der Waals surface area contributed by atoms with Crippen LogP contribution in [0.2, 0.25) is 0 Å². The number of carbonyl (C=O) groups is 3. The maximum atomic E-state index is 12.8. The SMILES string of the molecule is CCOC(=O)c1c(NC(=O)C[NH+]2CC[C@@H]3CCCC[C@@H]3C2)sc(C(=O)NC)c1C. The van der Waals surface area contributed by atoms with Crippen LogP contribution in [0.15, 0.2) is 0 Å². The lowest BCUT2D eigenvalue weighted by Gasteiger charge is -2.38. The number of hydrogen-bond donors (Lipinski definition) is 3. The maximum Gasteiger partial charge on any atom is 0.341 e. The number of rotatable bonds is 6. The molecule has 0 aromatic carbocycles. The number of anilines is 1. The molecule has 0 bridgehead atoms. The normalized spacial score (nSPS) is 23.8. The molecule has 1 saturated heterocycles. The molecule has 1 unspecified atom stereocenters. The van der Waals surface area contributed by atoms with Crippen molar-refractivity contribution >= 4 is 34.1 Å². The first kappa shape index (κ1) is 21.8. The van der Waals surface area contributed by atoms with Gasteiger partial charge in [-0.3, -0.25) is 9.59 Å². The van der Waals surface area contributed by atoms with Crippen molar-refractivity contribution < 1.29 is 24.0 Å². The number of carbonyl (C=O) groups excluding carboxylic acids is 3. The molecule has 29 heavy (non-hydrogen) atoms. The van der Waals surface area contributed by atoms with Crippen molar-refractivity contribution in [3.05, 3.63) is 16.0 Å². The molecule has 0 radical (unpaired) electrons. The van der Waals surface area contributed by atoms with E-state index < -0.39 is 5.97 Å². The monoisotopic (exact) mass is 422 g/mol. The summed E-state index contributed by atoms with van der Waals surface area (Å²) in [4.78, 5) is 39.1. The molecule has 1 saturated carbocycles. The number of quaternary nitrogens is 1. The summed E-state index contributed by atoms with van der Waals surface area (Å²) in [6.45, 7) is 6.13. The summed E-state index contributed by atoms with van der Waals surface area (Å²) in [6, 6.07) is 0. The minimum atomic E-state index is -0.512. The van der Waals surface area contributed by atoms with E-state index in [0.717, 1.165) is 36.3 Å². The van der Waals surface area contributed by atoms with Gasteiger partial charge in [-0.2, -0.15) is 0 Å². The van der Waals surface area contributed by atoms with E-state index in [-0.39, 0.29) is 24.0 Å². The van der Waals surface area contributed by atoms with Gasteiger partial charge in [-0.05, 0) is 44.6 Å². The lowest BCUT2D eigenvalue weighted by atomic mass is 9.75. The van der Waals surface area contributed by atoms with Gasteiger partial charge in [-0.25, -0.2) is 4.79 Å². The van der Waals surface area contributed by atoms with E-state index in [1.807, 2.05) is 0 Å². The molecule has 2 amide bonds. The molecule has 7 nitrogen and oxygen atoms in total. The Morgan fingerprint density at radius 2 is 1.90 bits per heavy atom. The van der Waals surface area contributed by atoms with Gasteiger partial charge in [0.2, 0.25) is 0 Å². The first-order valence-corrected chi connectivity index (χ1v) is 11.4. The van der Waals surface area contributed by atoms with Crippen molar-refractivity contribution in [3.8, 4) is 0 Å². The molecule has 3 atom stereocenters. The average Bonchev–Trinajstić information content (AvgIpc) is 3.03. The molecule has 8 heteroatoms. The number of nitrogens with one attached hydrogen (secondary N) is 3. The second-order valence-corrected chi connectivity index (χ2v) is 9.10. The van der Waals surface area contributed by atoms with Gasteiger partial charge in [0.1, 0.15) is 5.00 Å². The molecule has 1 aliphatic carbocycles. The number of fused-ring (bicyclic) bond motifs is 1. The summed E-state index contributed by atoms with van der Waals surface area (Å²) < 4.78 is 5.15. The van der Waals surface area contributed by atoms with Gasteiger partial charge in [0, 0.05) is 13.0 Å². The third-order valence-corrected chi connectivity index (χ3v) is 7.42. The standard InChI is InChI=1S/C21H31N3O4S/c1-4-28-21(27)17-13(2)18(19(26)22-3)29-20(17)23-16(25)12-24-10-9-14-7-5-6-8-15(14)11-24/h14-15H,4-12H2,1-3H3,(H,22,26)(H,23,25)/p+1/t14-,15+/m0/s1. The smallest absolute Gasteiger partial charge is 0.341 e. The van der Waals surface area contributed by atoms with Crippen molar-refractivity contribution in [2.75, 3.05) is 38.6 Å². The Balaban J connectivity index is 1.70. The summed E-state index contributed by atoms with van der Waals surface area (Å²) in [5.41, 5.74) is 0.822. The van der Waals surface area contributed by atoms with Crippen molar-refractivity contribution in [3.63, 3.8) is 0 Å². The fraction of sp³-hybridized carbons (Fsp3) is 0.667. The number of likely N-dealkylation sites (tertiary alicyclic amines) is 1. The lowest BCUT2D eigenvalue weighted by Crippen LogP contribution is -3.15. The van der Waals surface area contributed by atoms with Crippen LogP contribution in [0.4, 0.5) is 5.00 Å². The molecular weight excluding hydrogens is 390 g/mol. The van der Waals surface area contributed by atoms with Crippen LogP contribution in [0.3, 0.4) is 0 Å². The Labute approximate surface area is 176 Å². The van der Waals surface area contributed by atoms with Crippen LogP contribution in [0, 0.1) is 18.8 Å². The Morgan fingerprint density at radius 3 is 2.59 bits per heavy atom.